The van der Waals surface area contributed by atoms with Crippen LogP contribution in [0.25, 0.3) is 0 Å². The van der Waals surface area contributed by atoms with Gasteiger partial charge < -0.3 is 5.32 Å². The Labute approximate surface area is 133 Å². The normalized spacial score (nSPS) is 10.2. The van der Waals surface area contributed by atoms with Crippen LogP contribution < -0.4 is 5.32 Å². The standard InChI is InChI=1S/C14H8FN5S2/c15-10-4-1-5-11(7-10)18-13-19-20-14(22-13)21-12-9(8-16)3-2-6-17-12/h1-7H,(H,18,19). The quantitative estimate of drug-likeness (QED) is 0.784. The summed E-state index contributed by atoms with van der Waals surface area (Å²) in [5, 5.41) is 21.2. The van der Waals surface area contributed by atoms with E-state index in [1.807, 2.05) is 0 Å². The molecule has 0 unspecified atom stereocenters. The van der Waals surface area contributed by atoms with Gasteiger partial charge in [0.15, 0.2) is 4.34 Å². The van der Waals surface area contributed by atoms with Crippen LogP contribution in [0.3, 0.4) is 0 Å². The number of nitrogens with one attached hydrogen (secondary N) is 1. The summed E-state index contributed by atoms with van der Waals surface area (Å²) in [6.45, 7) is 0. The first kappa shape index (κ1) is 14.4. The van der Waals surface area contributed by atoms with E-state index in [2.05, 4.69) is 26.6 Å². The maximum absolute atomic E-state index is 13.1. The zero-order valence-corrected chi connectivity index (χ0v) is 12.7. The monoisotopic (exact) mass is 329 g/mol. The molecule has 3 aromatic rings. The third-order valence-electron chi connectivity index (χ3n) is 2.56. The molecule has 3 rings (SSSR count). The molecule has 0 aliphatic heterocycles. The smallest absolute Gasteiger partial charge is 0.210 e. The van der Waals surface area contributed by atoms with Gasteiger partial charge in [0.1, 0.15) is 16.9 Å². The number of anilines is 2. The Balaban J connectivity index is 1.75. The Bertz CT molecular complexity index is 843. The second-order valence-electron chi connectivity index (χ2n) is 4.08. The minimum Gasteiger partial charge on any atom is -0.330 e. The van der Waals surface area contributed by atoms with Crippen molar-refractivity contribution in [3.63, 3.8) is 0 Å². The first-order valence-corrected chi connectivity index (χ1v) is 7.77. The summed E-state index contributed by atoms with van der Waals surface area (Å²) in [7, 11) is 0. The molecule has 0 bridgehead atoms. The first-order chi connectivity index (χ1) is 10.7. The van der Waals surface area contributed by atoms with Gasteiger partial charge in [0.25, 0.3) is 0 Å². The summed E-state index contributed by atoms with van der Waals surface area (Å²) in [6, 6.07) is 11.6. The van der Waals surface area contributed by atoms with Crippen LogP contribution >= 0.6 is 23.1 Å². The number of halogens is 1. The molecular weight excluding hydrogens is 321 g/mol. The Morgan fingerprint density at radius 3 is 2.95 bits per heavy atom. The zero-order chi connectivity index (χ0) is 15.4. The highest BCUT2D eigenvalue weighted by atomic mass is 32.2. The van der Waals surface area contributed by atoms with Gasteiger partial charge in [-0.05, 0) is 42.1 Å². The maximum atomic E-state index is 13.1. The van der Waals surface area contributed by atoms with E-state index in [9.17, 15) is 4.39 Å². The molecule has 0 atom stereocenters. The van der Waals surface area contributed by atoms with E-state index in [1.54, 1.807) is 30.5 Å². The number of aromatic nitrogens is 3. The predicted molar refractivity (Wildman–Crippen MR) is 82.7 cm³/mol. The van der Waals surface area contributed by atoms with Crippen molar-refractivity contribution >= 4 is 33.9 Å². The van der Waals surface area contributed by atoms with Gasteiger partial charge in [0, 0.05) is 11.9 Å². The second-order valence-corrected chi connectivity index (χ2v) is 6.29. The van der Waals surface area contributed by atoms with E-state index >= 15 is 0 Å². The van der Waals surface area contributed by atoms with Gasteiger partial charge in [-0.3, -0.25) is 0 Å². The molecule has 22 heavy (non-hydrogen) atoms. The van der Waals surface area contributed by atoms with Crippen LogP contribution in [0.1, 0.15) is 5.56 Å². The van der Waals surface area contributed by atoms with Crippen molar-refractivity contribution in [3.8, 4) is 6.07 Å². The van der Waals surface area contributed by atoms with Crippen LogP contribution in [0, 0.1) is 17.1 Å². The molecule has 1 N–H and O–H groups in total. The highest BCUT2D eigenvalue weighted by molar-refractivity contribution is 8.01. The number of pyridine rings is 1. The molecule has 0 amide bonds. The summed E-state index contributed by atoms with van der Waals surface area (Å²) in [5.74, 6) is -0.323. The van der Waals surface area contributed by atoms with Gasteiger partial charge in [-0.2, -0.15) is 5.26 Å². The summed E-state index contributed by atoms with van der Waals surface area (Å²) in [5.41, 5.74) is 1.09. The zero-order valence-electron chi connectivity index (χ0n) is 11.0. The summed E-state index contributed by atoms with van der Waals surface area (Å²) >= 11 is 2.58. The topological polar surface area (TPSA) is 74.5 Å². The molecule has 8 heteroatoms. The number of nitrogens with zero attached hydrogens (tertiary/aromatic N) is 4. The Hall–Kier alpha value is -2.50. The van der Waals surface area contributed by atoms with Crippen LogP contribution in [0.15, 0.2) is 52.0 Å². The van der Waals surface area contributed by atoms with E-state index in [-0.39, 0.29) is 5.82 Å². The van der Waals surface area contributed by atoms with Gasteiger partial charge in [-0.25, -0.2) is 9.37 Å². The third-order valence-corrected chi connectivity index (χ3v) is 4.47. The fourth-order valence-corrected chi connectivity index (χ4v) is 3.35. The number of hydrogen-bond donors (Lipinski definition) is 1. The molecule has 0 aliphatic carbocycles. The van der Waals surface area contributed by atoms with Crippen molar-refractivity contribution in [2.75, 3.05) is 5.32 Å². The van der Waals surface area contributed by atoms with Crippen LogP contribution in [0.5, 0.6) is 0 Å². The molecule has 0 fully saturated rings. The lowest BCUT2D eigenvalue weighted by Crippen LogP contribution is -1.89. The van der Waals surface area contributed by atoms with E-state index in [0.717, 1.165) is 0 Å². The average Bonchev–Trinajstić information content (AvgIpc) is 2.95. The highest BCUT2D eigenvalue weighted by Crippen LogP contribution is 2.33. The largest absolute Gasteiger partial charge is 0.330 e. The third kappa shape index (κ3) is 3.39. The molecular formula is C14H8FN5S2. The molecule has 0 saturated carbocycles. The Kier molecular flexibility index (Phi) is 4.27. The van der Waals surface area contributed by atoms with Gasteiger partial charge >= 0.3 is 0 Å². The molecule has 0 radical (unpaired) electrons. The van der Waals surface area contributed by atoms with Gasteiger partial charge in [-0.1, -0.05) is 17.4 Å². The summed E-state index contributed by atoms with van der Waals surface area (Å²) in [4.78, 5) is 4.16. The minimum absolute atomic E-state index is 0.323. The maximum Gasteiger partial charge on any atom is 0.210 e. The molecule has 0 saturated heterocycles. The van der Waals surface area contributed by atoms with Crippen molar-refractivity contribution in [1.82, 2.24) is 15.2 Å². The summed E-state index contributed by atoms with van der Waals surface area (Å²) < 4.78 is 13.8. The van der Waals surface area contributed by atoms with Crippen molar-refractivity contribution in [2.24, 2.45) is 0 Å². The SMILES string of the molecule is N#Cc1cccnc1Sc1nnc(Nc2cccc(F)c2)s1. The predicted octanol–water partition coefficient (Wildman–Crippen LogP) is 3.84. The molecule has 5 nitrogen and oxygen atoms in total. The lowest BCUT2D eigenvalue weighted by Gasteiger charge is -2.00. The molecule has 2 aromatic heterocycles. The number of hydrogen-bond acceptors (Lipinski definition) is 7. The first-order valence-electron chi connectivity index (χ1n) is 6.13. The van der Waals surface area contributed by atoms with Crippen molar-refractivity contribution in [3.05, 3.63) is 54.0 Å². The Morgan fingerprint density at radius 1 is 1.23 bits per heavy atom. The fourth-order valence-electron chi connectivity index (χ4n) is 1.63. The van der Waals surface area contributed by atoms with E-state index in [0.29, 0.717) is 25.7 Å². The highest BCUT2D eigenvalue weighted by Gasteiger charge is 2.10. The lowest BCUT2D eigenvalue weighted by molar-refractivity contribution is 0.628. The van der Waals surface area contributed by atoms with Crippen molar-refractivity contribution in [1.29, 1.82) is 5.26 Å². The number of rotatable bonds is 4. The van der Waals surface area contributed by atoms with Gasteiger partial charge in [-0.15, -0.1) is 10.2 Å². The van der Waals surface area contributed by atoms with Crippen LogP contribution in [-0.4, -0.2) is 15.2 Å². The second kappa shape index (κ2) is 6.51. The van der Waals surface area contributed by atoms with Crippen molar-refractivity contribution in [2.45, 2.75) is 9.37 Å². The van der Waals surface area contributed by atoms with E-state index < -0.39 is 0 Å². The van der Waals surface area contributed by atoms with Crippen LogP contribution in [0.2, 0.25) is 0 Å². The number of benzene rings is 1. The van der Waals surface area contributed by atoms with Gasteiger partial charge in [0.05, 0.1) is 5.56 Å². The van der Waals surface area contributed by atoms with Gasteiger partial charge in [0.2, 0.25) is 5.13 Å². The van der Waals surface area contributed by atoms with E-state index in [1.165, 1.54) is 35.2 Å². The molecule has 0 spiro atoms. The van der Waals surface area contributed by atoms with Crippen LogP contribution in [-0.2, 0) is 0 Å². The van der Waals surface area contributed by atoms with Crippen LogP contribution in [0.4, 0.5) is 15.2 Å². The molecule has 1 aromatic carbocycles. The van der Waals surface area contributed by atoms with Crippen molar-refractivity contribution < 1.29 is 4.39 Å². The molecule has 2 heterocycles. The lowest BCUT2D eigenvalue weighted by atomic mass is 10.3. The van der Waals surface area contributed by atoms with E-state index in [4.69, 9.17) is 5.26 Å². The Morgan fingerprint density at radius 2 is 2.14 bits per heavy atom. The molecule has 0 aliphatic rings. The fraction of sp³-hybridized carbons (Fsp3) is 0. The average molecular weight is 329 g/mol. The minimum atomic E-state index is -0.323. The summed E-state index contributed by atoms with van der Waals surface area (Å²) in [6.07, 6.45) is 1.62. The number of nitriles is 1. The molecule has 108 valence electrons.